The normalized spacial score (nSPS) is 19.0. The van der Waals surface area contributed by atoms with Crippen LogP contribution < -0.4 is 4.90 Å². The minimum absolute atomic E-state index is 0.150. The molecule has 1 heterocycles. The maximum Gasteiger partial charge on any atom is 0.204 e. The van der Waals surface area contributed by atoms with Crippen LogP contribution in [0.1, 0.15) is 11.6 Å². The topological polar surface area (TPSA) is 40.6 Å². The second-order valence-corrected chi connectivity index (χ2v) is 7.83. The van der Waals surface area contributed by atoms with Gasteiger partial charge in [-0.05, 0) is 35.9 Å². The molecule has 24 heavy (non-hydrogen) atoms. The average Bonchev–Trinajstić information content (AvgIpc) is 2.55. The van der Waals surface area contributed by atoms with Gasteiger partial charge in [-0.25, -0.2) is 12.7 Å². The first-order valence-corrected chi connectivity index (χ1v) is 9.58. The van der Waals surface area contributed by atoms with Gasteiger partial charge in [-0.15, -0.1) is 0 Å². The van der Waals surface area contributed by atoms with Crippen molar-refractivity contribution in [2.24, 2.45) is 0 Å². The van der Waals surface area contributed by atoms with Gasteiger partial charge in [0.2, 0.25) is 10.9 Å². The Kier molecular flexibility index (Phi) is 5.57. The van der Waals surface area contributed by atoms with Crippen LogP contribution in [0.25, 0.3) is 0 Å². The molecule has 1 atom stereocenters. The van der Waals surface area contributed by atoms with Gasteiger partial charge in [-0.2, -0.15) is 0 Å². The molecule has 0 aromatic heterocycles. The summed E-state index contributed by atoms with van der Waals surface area (Å²) in [4.78, 5) is 2.11. The number of piperazine rings is 1. The van der Waals surface area contributed by atoms with Gasteiger partial charge in [-0.3, -0.25) is 0 Å². The molecule has 0 bridgehead atoms. The maximum absolute atomic E-state index is 11.4. The van der Waals surface area contributed by atoms with E-state index in [-0.39, 0.29) is 6.04 Å². The van der Waals surface area contributed by atoms with Crippen LogP contribution in [0.15, 0.2) is 42.5 Å². The Labute approximate surface area is 157 Å². The van der Waals surface area contributed by atoms with E-state index in [9.17, 15) is 8.42 Å². The summed E-state index contributed by atoms with van der Waals surface area (Å²) in [6.45, 7) is 1.32. The van der Waals surface area contributed by atoms with E-state index in [1.807, 2.05) is 18.2 Å². The molecule has 4 nitrogen and oxygen atoms in total. The fourth-order valence-corrected chi connectivity index (χ4v) is 4.07. The van der Waals surface area contributed by atoms with Crippen molar-refractivity contribution in [2.45, 2.75) is 6.04 Å². The number of benzene rings is 2. The summed E-state index contributed by atoms with van der Waals surface area (Å²) in [5.41, 5.74) is 1.81. The molecule has 8 heteroatoms. The van der Waals surface area contributed by atoms with E-state index in [1.54, 1.807) is 24.3 Å². The van der Waals surface area contributed by atoms with Gasteiger partial charge in [0.25, 0.3) is 0 Å². The lowest BCUT2D eigenvalue weighted by Gasteiger charge is -2.41. The first-order chi connectivity index (χ1) is 11.5. The molecule has 1 unspecified atom stereocenters. The summed E-state index contributed by atoms with van der Waals surface area (Å²) in [5, 5.41) is 1.74. The van der Waals surface area contributed by atoms with Crippen LogP contribution in [-0.4, -0.2) is 32.4 Å². The van der Waals surface area contributed by atoms with E-state index >= 15 is 0 Å². The third kappa shape index (κ3) is 3.81. The molecule has 0 aliphatic carbocycles. The third-order valence-corrected chi connectivity index (χ3v) is 5.68. The smallest absolute Gasteiger partial charge is 0.204 e. The monoisotopic (exact) mass is 404 g/mol. The number of anilines is 1. The molecular weight excluding hydrogens is 391 g/mol. The fraction of sp³-hybridized carbons (Fsp3) is 0.250. The first-order valence-electron chi connectivity index (χ1n) is 7.32. The van der Waals surface area contributed by atoms with E-state index < -0.39 is 10.9 Å². The highest BCUT2D eigenvalue weighted by atomic mass is 35.5. The third-order valence-electron chi connectivity index (χ3n) is 4.06. The lowest BCUT2D eigenvalue weighted by Crippen LogP contribution is -2.48. The molecular formula is C16H15Cl3N2O2S. The van der Waals surface area contributed by atoms with Gasteiger partial charge in [0.1, 0.15) is 0 Å². The Bertz CT molecular complexity index is 803. The van der Waals surface area contributed by atoms with Crippen molar-refractivity contribution in [3.63, 3.8) is 0 Å². The molecule has 0 amide bonds. The molecule has 2 aromatic rings. The molecule has 1 aliphatic rings. The molecule has 0 spiro atoms. The Morgan fingerprint density at radius 1 is 0.917 bits per heavy atom. The maximum atomic E-state index is 11.4. The highest BCUT2D eigenvalue weighted by molar-refractivity contribution is 7.69. The first kappa shape index (κ1) is 17.8. The van der Waals surface area contributed by atoms with E-state index in [0.29, 0.717) is 34.7 Å². The summed E-state index contributed by atoms with van der Waals surface area (Å²) in [5.74, 6) is 0. The largest absolute Gasteiger partial charge is 0.361 e. The Hall–Kier alpha value is -0.980. The highest BCUT2D eigenvalue weighted by Crippen LogP contribution is 2.36. The van der Waals surface area contributed by atoms with Gasteiger partial charge < -0.3 is 4.90 Å². The quantitative estimate of drug-likeness (QED) is 0.784. The zero-order valence-corrected chi connectivity index (χ0v) is 15.7. The lowest BCUT2D eigenvalue weighted by molar-refractivity contribution is 0.344. The number of thiol groups is 1. The van der Waals surface area contributed by atoms with Crippen LogP contribution >= 0.6 is 34.8 Å². The predicted molar refractivity (Wildman–Crippen MR) is 99.9 cm³/mol. The molecule has 1 aliphatic heterocycles. The molecule has 2 aromatic carbocycles. The summed E-state index contributed by atoms with van der Waals surface area (Å²) in [6, 6.07) is 12.6. The van der Waals surface area contributed by atoms with Crippen molar-refractivity contribution in [3.8, 4) is 0 Å². The lowest BCUT2D eigenvalue weighted by atomic mass is 10.0. The van der Waals surface area contributed by atoms with Crippen LogP contribution in [0.4, 0.5) is 5.69 Å². The number of nitrogens with zero attached hydrogens (tertiary/aromatic N) is 2. The Morgan fingerprint density at radius 2 is 1.58 bits per heavy atom. The zero-order valence-electron chi connectivity index (χ0n) is 12.5. The number of rotatable bonds is 3. The van der Waals surface area contributed by atoms with Gasteiger partial charge in [0.15, 0.2) is 0 Å². The van der Waals surface area contributed by atoms with Crippen LogP contribution in [0, 0.1) is 0 Å². The summed E-state index contributed by atoms with van der Waals surface area (Å²) in [7, 11) is -2.62. The summed E-state index contributed by atoms with van der Waals surface area (Å²) in [6.07, 6.45) is 0. The summed E-state index contributed by atoms with van der Waals surface area (Å²) >= 11 is 18.3. The molecule has 1 saturated heterocycles. The number of hydrogen-bond acceptors (Lipinski definition) is 3. The zero-order chi connectivity index (χ0) is 17.3. The number of halogens is 3. The van der Waals surface area contributed by atoms with E-state index in [1.165, 1.54) is 4.31 Å². The second-order valence-electron chi connectivity index (χ2n) is 5.51. The molecule has 0 N–H and O–H groups in total. The van der Waals surface area contributed by atoms with Crippen LogP contribution in [-0.2, 0) is 10.9 Å². The van der Waals surface area contributed by atoms with Crippen molar-refractivity contribution in [2.75, 3.05) is 24.5 Å². The predicted octanol–water partition coefficient (Wildman–Crippen LogP) is 4.04. The van der Waals surface area contributed by atoms with Crippen molar-refractivity contribution in [3.05, 3.63) is 63.1 Å². The Morgan fingerprint density at radius 3 is 2.21 bits per heavy atom. The molecule has 1 fully saturated rings. The molecule has 0 radical (unpaired) electrons. The van der Waals surface area contributed by atoms with Crippen molar-refractivity contribution in [1.82, 2.24) is 4.31 Å². The minimum atomic E-state index is -2.62. The molecule has 3 rings (SSSR count). The molecule has 0 saturated carbocycles. The number of hydrogen-bond donors (Lipinski definition) is 1. The van der Waals surface area contributed by atoms with E-state index in [0.717, 1.165) is 11.3 Å². The Balaban J connectivity index is 2.00. The summed E-state index contributed by atoms with van der Waals surface area (Å²) < 4.78 is 24.3. The van der Waals surface area contributed by atoms with Gasteiger partial charge >= 0.3 is 0 Å². The SMILES string of the molecule is O=[SH](=O)N1CCN(c2ccc(Cl)cc2Cl)C(c2ccc(Cl)cc2)C1. The average molecular weight is 406 g/mol. The van der Waals surface area contributed by atoms with Crippen molar-refractivity contribution in [1.29, 1.82) is 0 Å². The fourth-order valence-electron chi connectivity index (χ4n) is 2.89. The minimum Gasteiger partial charge on any atom is -0.361 e. The highest BCUT2D eigenvalue weighted by Gasteiger charge is 2.30. The second kappa shape index (κ2) is 7.50. The standard InChI is InChI=1S/C16H15Cl3N2O2S/c17-12-3-1-11(2-4-12)16-10-20(24(22)23)7-8-21(16)15-6-5-13(18)9-14(15)19/h1-6,9,16,24H,7-8,10H2. The van der Waals surface area contributed by atoms with Crippen LogP contribution in [0.3, 0.4) is 0 Å². The van der Waals surface area contributed by atoms with E-state index in [4.69, 9.17) is 34.8 Å². The van der Waals surface area contributed by atoms with Crippen molar-refractivity contribution >= 4 is 51.4 Å². The van der Waals surface area contributed by atoms with Gasteiger partial charge in [0, 0.05) is 29.7 Å². The van der Waals surface area contributed by atoms with Crippen LogP contribution in [0.5, 0.6) is 0 Å². The van der Waals surface area contributed by atoms with Gasteiger partial charge in [0.05, 0.1) is 16.8 Å². The molecule has 128 valence electrons. The van der Waals surface area contributed by atoms with Crippen LogP contribution in [0.2, 0.25) is 15.1 Å². The van der Waals surface area contributed by atoms with Crippen molar-refractivity contribution < 1.29 is 8.42 Å². The van der Waals surface area contributed by atoms with E-state index in [2.05, 4.69) is 4.90 Å². The van der Waals surface area contributed by atoms with Gasteiger partial charge in [-0.1, -0.05) is 46.9 Å².